The molecule has 0 fully saturated rings. The number of hydrogen-bond donors (Lipinski definition) is 1. The van der Waals surface area contributed by atoms with Gasteiger partial charge >= 0.3 is 0 Å². The molecule has 0 saturated heterocycles. The number of amides is 2. The molecule has 208 valence electrons. The van der Waals surface area contributed by atoms with Gasteiger partial charge in [-0.05, 0) is 49.6 Å². The molecule has 9 heteroatoms. The molecule has 2 amide bonds. The second-order valence-electron chi connectivity index (χ2n) is 9.73. The highest BCUT2D eigenvalue weighted by Gasteiger charge is 2.31. The molecular formula is C30H36ClN3O4S. The molecule has 39 heavy (non-hydrogen) atoms. The Morgan fingerprint density at radius 1 is 0.897 bits per heavy atom. The molecule has 3 aromatic carbocycles. The lowest BCUT2D eigenvalue weighted by atomic mass is 10.0. The molecule has 1 atom stereocenters. The number of carbonyl (C=O) groups is 2. The summed E-state index contributed by atoms with van der Waals surface area (Å²) in [6, 6.07) is 24.1. The number of sulfonamides is 1. The third kappa shape index (κ3) is 8.65. The summed E-state index contributed by atoms with van der Waals surface area (Å²) in [5.74, 6) is -0.502. The summed E-state index contributed by atoms with van der Waals surface area (Å²) in [6.07, 6.45) is 0.696. The van der Waals surface area contributed by atoms with Crippen LogP contribution in [-0.4, -0.2) is 55.1 Å². The molecule has 0 aliphatic carbocycles. The van der Waals surface area contributed by atoms with Crippen LogP contribution in [0.3, 0.4) is 0 Å². The average molecular weight is 570 g/mol. The summed E-state index contributed by atoms with van der Waals surface area (Å²) in [7, 11) is -2.17. The lowest BCUT2D eigenvalue weighted by Crippen LogP contribution is -2.51. The van der Waals surface area contributed by atoms with E-state index in [2.05, 4.69) is 5.32 Å². The Kier molecular flexibility index (Phi) is 11.1. The Bertz CT molecular complexity index is 1330. The van der Waals surface area contributed by atoms with E-state index in [1.165, 1.54) is 11.4 Å². The molecular weight excluding hydrogens is 534 g/mol. The molecule has 7 nitrogen and oxygen atoms in total. The number of hydrogen-bond acceptors (Lipinski definition) is 4. The minimum absolute atomic E-state index is 0.0688. The first kappa shape index (κ1) is 30.3. The first-order valence-electron chi connectivity index (χ1n) is 13.0. The molecule has 0 saturated carbocycles. The van der Waals surface area contributed by atoms with Crippen LogP contribution in [0.25, 0.3) is 0 Å². The van der Waals surface area contributed by atoms with Crippen LogP contribution in [0.5, 0.6) is 0 Å². The van der Waals surface area contributed by atoms with Gasteiger partial charge in [-0.2, -0.15) is 0 Å². The van der Waals surface area contributed by atoms with E-state index >= 15 is 0 Å². The molecule has 3 aromatic rings. The largest absolute Gasteiger partial charge is 0.352 e. The monoisotopic (exact) mass is 569 g/mol. The minimum Gasteiger partial charge on any atom is -0.352 e. The van der Waals surface area contributed by atoms with E-state index < -0.39 is 16.1 Å². The smallest absolute Gasteiger partial charge is 0.243 e. The second kappa shape index (κ2) is 14.3. The van der Waals surface area contributed by atoms with Crippen molar-refractivity contribution >= 4 is 33.4 Å². The van der Waals surface area contributed by atoms with E-state index in [9.17, 15) is 18.0 Å². The van der Waals surface area contributed by atoms with Crippen molar-refractivity contribution in [1.82, 2.24) is 14.5 Å². The minimum atomic E-state index is -3.67. The van der Waals surface area contributed by atoms with Crippen LogP contribution < -0.4 is 5.32 Å². The van der Waals surface area contributed by atoms with Crippen molar-refractivity contribution in [3.8, 4) is 0 Å². The van der Waals surface area contributed by atoms with Gasteiger partial charge in [0, 0.05) is 44.0 Å². The molecule has 1 N–H and O–H groups in total. The number of halogens is 1. The summed E-state index contributed by atoms with van der Waals surface area (Å²) in [6.45, 7) is 4.06. The van der Waals surface area contributed by atoms with Crippen LogP contribution in [0.2, 0.25) is 5.02 Å². The Morgan fingerprint density at radius 2 is 1.49 bits per heavy atom. The first-order chi connectivity index (χ1) is 18.6. The van der Waals surface area contributed by atoms with Crippen molar-refractivity contribution < 1.29 is 18.0 Å². The highest BCUT2D eigenvalue weighted by atomic mass is 35.5. The molecule has 0 heterocycles. The van der Waals surface area contributed by atoms with Gasteiger partial charge in [-0.25, -0.2) is 12.7 Å². The van der Waals surface area contributed by atoms with Crippen LogP contribution in [0.15, 0.2) is 89.8 Å². The summed E-state index contributed by atoms with van der Waals surface area (Å²) in [5.41, 5.74) is 1.65. The molecule has 0 aromatic heterocycles. The molecule has 0 bridgehead atoms. The van der Waals surface area contributed by atoms with Crippen molar-refractivity contribution in [2.24, 2.45) is 0 Å². The molecule has 3 rings (SSSR count). The van der Waals surface area contributed by atoms with Crippen LogP contribution in [-0.2, 0) is 32.6 Å². The van der Waals surface area contributed by atoms with Gasteiger partial charge in [-0.1, -0.05) is 78.3 Å². The van der Waals surface area contributed by atoms with Crippen LogP contribution in [0, 0.1) is 0 Å². The fourth-order valence-corrected chi connectivity index (χ4v) is 5.66. The second-order valence-corrected chi connectivity index (χ2v) is 12.2. The number of carbonyl (C=O) groups excluding carboxylic acids is 2. The van der Waals surface area contributed by atoms with Crippen molar-refractivity contribution in [2.45, 2.75) is 56.6 Å². The lowest BCUT2D eigenvalue weighted by Gasteiger charge is -2.32. The van der Waals surface area contributed by atoms with Gasteiger partial charge in [0.2, 0.25) is 21.8 Å². The summed E-state index contributed by atoms with van der Waals surface area (Å²) in [5, 5.41) is 3.46. The van der Waals surface area contributed by atoms with Crippen LogP contribution in [0.1, 0.15) is 37.8 Å². The van der Waals surface area contributed by atoms with E-state index in [0.717, 1.165) is 11.1 Å². The lowest BCUT2D eigenvalue weighted by molar-refractivity contribution is -0.141. The fraction of sp³-hybridized carbons (Fsp3) is 0.333. The van der Waals surface area contributed by atoms with Crippen molar-refractivity contribution in [2.75, 3.05) is 13.6 Å². The summed E-state index contributed by atoms with van der Waals surface area (Å²) >= 11 is 6.44. The van der Waals surface area contributed by atoms with Gasteiger partial charge in [0.05, 0.1) is 4.90 Å². The highest BCUT2D eigenvalue weighted by Crippen LogP contribution is 2.22. The third-order valence-corrected chi connectivity index (χ3v) is 8.56. The molecule has 0 aliphatic rings. The summed E-state index contributed by atoms with van der Waals surface area (Å²) in [4.78, 5) is 28.9. The zero-order valence-corrected chi connectivity index (χ0v) is 24.2. The first-order valence-corrected chi connectivity index (χ1v) is 14.8. The zero-order chi connectivity index (χ0) is 28.4. The number of nitrogens with zero attached hydrogens (tertiary/aromatic N) is 2. The van der Waals surface area contributed by atoms with Crippen molar-refractivity contribution in [1.29, 1.82) is 0 Å². The predicted molar refractivity (Wildman–Crippen MR) is 155 cm³/mol. The Morgan fingerprint density at radius 3 is 2.10 bits per heavy atom. The molecule has 0 aliphatic heterocycles. The Labute approximate surface area is 236 Å². The van der Waals surface area contributed by atoms with Crippen molar-refractivity contribution in [3.63, 3.8) is 0 Å². The normalized spacial score (nSPS) is 12.4. The molecule has 0 spiro atoms. The molecule has 0 radical (unpaired) electrons. The number of benzene rings is 3. The van der Waals surface area contributed by atoms with E-state index in [1.54, 1.807) is 41.3 Å². The van der Waals surface area contributed by atoms with E-state index in [-0.39, 0.29) is 42.3 Å². The standard InChI is InChI=1S/C30H36ClN3O4S/c1-23(2)32-30(36)28(21-24-13-6-4-7-14-24)34(22-25-15-10-11-18-27(25)31)29(35)19-12-20-33(3)39(37,38)26-16-8-5-9-17-26/h4-11,13-18,23,28H,12,19-22H2,1-3H3,(H,32,36)/t28-/m0/s1. The van der Waals surface area contributed by atoms with Gasteiger partial charge in [-0.15, -0.1) is 0 Å². The SMILES string of the molecule is CC(C)NC(=O)[C@H](Cc1ccccc1)N(Cc1ccccc1Cl)C(=O)CCCN(C)S(=O)(=O)c1ccccc1. The van der Waals surface area contributed by atoms with Crippen LogP contribution >= 0.6 is 11.6 Å². The highest BCUT2D eigenvalue weighted by molar-refractivity contribution is 7.89. The van der Waals surface area contributed by atoms with E-state index in [0.29, 0.717) is 17.9 Å². The zero-order valence-electron chi connectivity index (χ0n) is 22.6. The maximum Gasteiger partial charge on any atom is 0.243 e. The van der Waals surface area contributed by atoms with E-state index in [4.69, 9.17) is 11.6 Å². The quantitative estimate of drug-likeness (QED) is 0.317. The third-order valence-electron chi connectivity index (χ3n) is 6.32. The Balaban J connectivity index is 1.83. The molecule has 0 unspecified atom stereocenters. The average Bonchev–Trinajstić information content (AvgIpc) is 2.92. The van der Waals surface area contributed by atoms with E-state index in [1.807, 2.05) is 62.4 Å². The maximum absolute atomic E-state index is 13.7. The topological polar surface area (TPSA) is 86.8 Å². The van der Waals surface area contributed by atoms with Gasteiger partial charge in [0.25, 0.3) is 0 Å². The number of nitrogens with one attached hydrogen (secondary N) is 1. The summed E-state index contributed by atoms with van der Waals surface area (Å²) < 4.78 is 27.0. The van der Waals surface area contributed by atoms with Gasteiger partial charge in [0.1, 0.15) is 6.04 Å². The number of rotatable bonds is 13. The van der Waals surface area contributed by atoms with Crippen molar-refractivity contribution in [3.05, 3.63) is 101 Å². The van der Waals surface area contributed by atoms with Gasteiger partial charge < -0.3 is 10.2 Å². The Hall–Kier alpha value is -3.20. The van der Waals surface area contributed by atoms with Gasteiger partial charge in [0.15, 0.2) is 0 Å². The predicted octanol–water partition coefficient (Wildman–Crippen LogP) is 4.91. The maximum atomic E-state index is 13.7. The van der Waals surface area contributed by atoms with Gasteiger partial charge in [-0.3, -0.25) is 9.59 Å². The fourth-order valence-electron chi connectivity index (χ4n) is 4.23. The van der Waals surface area contributed by atoms with Crippen LogP contribution in [0.4, 0.5) is 0 Å².